The van der Waals surface area contributed by atoms with Gasteiger partial charge in [0.05, 0.1) is 0 Å². The third-order valence-electron chi connectivity index (χ3n) is 2.72. The van der Waals surface area contributed by atoms with Gasteiger partial charge in [0.15, 0.2) is 10.7 Å². The third-order valence-corrected chi connectivity index (χ3v) is 4.79. The van der Waals surface area contributed by atoms with Crippen molar-refractivity contribution in [3.8, 4) is 0 Å². The van der Waals surface area contributed by atoms with Gasteiger partial charge in [-0.2, -0.15) is 0 Å². The molecule has 0 saturated heterocycles. The molecule has 0 fully saturated rings. The summed E-state index contributed by atoms with van der Waals surface area (Å²) in [6, 6.07) is 6.84. The number of anilines is 1. The lowest BCUT2D eigenvalue weighted by Crippen LogP contribution is -2.14. The van der Waals surface area contributed by atoms with Crippen molar-refractivity contribution in [3.63, 3.8) is 0 Å². The molecular weight excluding hydrogens is 370 g/mol. The maximum Gasteiger partial charge on any atom is 0.267 e. The third kappa shape index (κ3) is 3.89. The van der Waals surface area contributed by atoms with Crippen LogP contribution in [0.5, 0.6) is 0 Å². The minimum atomic E-state index is -3.78. The predicted octanol–water partition coefficient (Wildman–Crippen LogP) is 3.08. The van der Waals surface area contributed by atoms with Gasteiger partial charge in [-0.3, -0.25) is 4.72 Å². The summed E-state index contributed by atoms with van der Waals surface area (Å²) in [5.74, 6) is 0.191. The van der Waals surface area contributed by atoms with Gasteiger partial charge >= 0.3 is 0 Å². The summed E-state index contributed by atoms with van der Waals surface area (Å²) in [6.45, 7) is 1.59. The Morgan fingerprint density at radius 2 is 1.91 bits per heavy atom. The van der Waals surface area contributed by atoms with Crippen LogP contribution in [0.25, 0.3) is 6.08 Å². The van der Waals surface area contributed by atoms with Crippen molar-refractivity contribution in [2.24, 2.45) is 0 Å². The molecule has 0 radical (unpaired) electrons. The summed E-state index contributed by atoms with van der Waals surface area (Å²) >= 11 is 3.31. The quantitative estimate of drug-likeness (QED) is 0.855. The van der Waals surface area contributed by atoms with Gasteiger partial charge < -0.3 is 9.42 Å². The lowest BCUT2D eigenvalue weighted by atomic mass is 10.3. The first-order chi connectivity index (χ1) is 10.3. The first-order valence-corrected chi connectivity index (χ1v) is 8.66. The van der Waals surface area contributed by atoms with Crippen LogP contribution in [0.2, 0.25) is 0 Å². The summed E-state index contributed by atoms with van der Waals surface area (Å²) in [5.41, 5.74) is 0.773. The highest BCUT2D eigenvalue weighted by molar-refractivity contribution is 9.10. The zero-order chi connectivity index (χ0) is 16.3. The van der Waals surface area contributed by atoms with Gasteiger partial charge in [-0.15, -0.1) is 0 Å². The molecule has 1 N–H and O–H groups in total. The number of halogens is 1. The number of nitrogens with zero attached hydrogens (tertiary/aromatic N) is 2. The number of rotatable bonds is 5. The van der Waals surface area contributed by atoms with Crippen molar-refractivity contribution < 1.29 is 12.9 Å². The van der Waals surface area contributed by atoms with Crippen LogP contribution in [0.4, 0.5) is 5.69 Å². The Bertz CT molecular complexity index is 780. The molecule has 1 aromatic carbocycles. The largest absolute Gasteiger partial charge is 0.383 e. The molecule has 22 heavy (non-hydrogen) atoms. The van der Waals surface area contributed by atoms with Crippen LogP contribution in [0.15, 0.2) is 44.4 Å². The average Bonchev–Trinajstić information content (AvgIpc) is 2.81. The first kappa shape index (κ1) is 16.6. The van der Waals surface area contributed by atoms with E-state index in [1.165, 1.54) is 0 Å². The first-order valence-electron chi connectivity index (χ1n) is 6.39. The van der Waals surface area contributed by atoms with E-state index in [1.807, 2.05) is 14.1 Å². The number of aromatic nitrogens is 1. The van der Waals surface area contributed by atoms with Crippen LogP contribution < -0.4 is 4.72 Å². The fourth-order valence-corrected chi connectivity index (χ4v) is 3.36. The Hall–Kier alpha value is -1.80. The molecule has 0 aliphatic carbocycles. The molecule has 2 aromatic rings. The number of hydrogen-bond donors (Lipinski definition) is 1. The van der Waals surface area contributed by atoms with Crippen LogP contribution in [0.1, 0.15) is 11.5 Å². The summed E-state index contributed by atoms with van der Waals surface area (Å²) in [6.07, 6.45) is 3.26. The number of nitrogens with one attached hydrogen (secondary N) is 1. The van der Waals surface area contributed by atoms with Gasteiger partial charge in [0.25, 0.3) is 10.0 Å². The van der Waals surface area contributed by atoms with Gasteiger partial charge in [0.2, 0.25) is 0 Å². The summed E-state index contributed by atoms with van der Waals surface area (Å²) in [5, 5.41) is 3.75. The van der Waals surface area contributed by atoms with E-state index in [0.717, 1.165) is 4.47 Å². The van der Waals surface area contributed by atoms with E-state index in [2.05, 4.69) is 25.8 Å². The molecule has 8 heteroatoms. The van der Waals surface area contributed by atoms with Crippen LogP contribution in [-0.2, 0) is 10.0 Å². The van der Waals surface area contributed by atoms with E-state index < -0.39 is 10.0 Å². The molecule has 6 nitrogen and oxygen atoms in total. The minimum Gasteiger partial charge on any atom is -0.383 e. The molecule has 2 rings (SSSR count). The summed E-state index contributed by atoms with van der Waals surface area (Å²) < 4.78 is 33.6. The molecule has 0 aliphatic rings. The Morgan fingerprint density at radius 1 is 1.27 bits per heavy atom. The standard InChI is InChI=1S/C14H16BrN3O3S/c1-10-14(13(21-16-10)8-9-18(2)3)22(19,20)17-12-6-4-11(15)5-7-12/h4-9,17H,1-3H3/b9-8+. The zero-order valence-corrected chi connectivity index (χ0v) is 14.8. The number of hydrogen-bond acceptors (Lipinski definition) is 5. The smallest absolute Gasteiger partial charge is 0.267 e. The number of sulfonamides is 1. The molecule has 0 aliphatic heterocycles. The highest BCUT2D eigenvalue weighted by Crippen LogP contribution is 2.24. The monoisotopic (exact) mass is 385 g/mol. The topological polar surface area (TPSA) is 75.4 Å². The minimum absolute atomic E-state index is 0.0357. The van der Waals surface area contributed by atoms with E-state index in [4.69, 9.17) is 4.52 Å². The molecule has 0 atom stereocenters. The molecule has 118 valence electrons. The van der Waals surface area contributed by atoms with Crippen molar-refractivity contribution in [2.75, 3.05) is 18.8 Å². The molecule has 0 bridgehead atoms. The lowest BCUT2D eigenvalue weighted by molar-refractivity contribution is 0.405. The van der Waals surface area contributed by atoms with Crippen molar-refractivity contribution in [2.45, 2.75) is 11.8 Å². The Morgan fingerprint density at radius 3 is 2.50 bits per heavy atom. The van der Waals surface area contributed by atoms with Gasteiger partial charge in [-0.05, 0) is 31.2 Å². The Labute approximate surface area is 138 Å². The van der Waals surface area contributed by atoms with E-state index in [9.17, 15) is 8.42 Å². The van der Waals surface area contributed by atoms with Gasteiger partial charge in [-0.25, -0.2) is 8.42 Å². The van der Waals surface area contributed by atoms with Crippen LogP contribution >= 0.6 is 15.9 Å². The molecular formula is C14H16BrN3O3S. The summed E-state index contributed by atoms with van der Waals surface area (Å²) in [4.78, 5) is 1.81. The van der Waals surface area contributed by atoms with Crippen LogP contribution in [0.3, 0.4) is 0 Å². The fraction of sp³-hybridized carbons (Fsp3) is 0.214. The molecule has 0 amide bonds. The predicted molar refractivity (Wildman–Crippen MR) is 88.9 cm³/mol. The average molecular weight is 386 g/mol. The number of aryl methyl sites for hydroxylation is 1. The van der Waals surface area contributed by atoms with E-state index in [-0.39, 0.29) is 10.7 Å². The lowest BCUT2D eigenvalue weighted by Gasteiger charge is -2.08. The van der Waals surface area contributed by atoms with Crippen molar-refractivity contribution in [1.29, 1.82) is 0 Å². The highest BCUT2D eigenvalue weighted by Gasteiger charge is 2.25. The Kier molecular flexibility index (Phi) is 4.92. The maximum atomic E-state index is 12.6. The second-order valence-electron chi connectivity index (χ2n) is 4.85. The SMILES string of the molecule is Cc1noc(/C=C/N(C)C)c1S(=O)(=O)Nc1ccc(Br)cc1. The van der Waals surface area contributed by atoms with Gasteiger partial charge in [-0.1, -0.05) is 21.1 Å². The van der Waals surface area contributed by atoms with Crippen LogP contribution in [0, 0.1) is 6.92 Å². The fourth-order valence-electron chi connectivity index (χ4n) is 1.75. The van der Waals surface area contributed by atoms with Crippen molar-refractivity contribution in [1.82, 2.24) is 10.1 Å². The van der Waals surface area contributed by atoms with Crippen molar-refractivity contribution in [3.05, 3.63) is 46.4 Å². The van der Waals surface area contributed by atoms with Crippen LogP contribution in [-0.4, -0.2) is 32.6 Å². The summed E-state index contributed by atoms with van der Waals surface area (Å²) in [7, 11) is -0.129. The molecule has 0 saturated carbocycles. The Balaban J connectivity index is 2.37. The highest BCUT2D eigenvalue weighted by atomic mass is 79.9. The molecule has 1 heterocycles. The second-order valence-corrected chi connectivity index (χ2v) is 7.39. The molecule has 0 unspecified atom stereocenters. The van der Waals surface area contributed by atoms with E-state index in [1.54, 1.807) is 48.4 Å². The number of benzene rings is 1. The zero-order valence-electron chi connectivity index (χ0n) is 12.4. The normalized spacial score (nSPS) is 11.8. The molecule has 1 aromatic heterocycles. The van der Waals surface area contributed by atoms with Gasteiger partial charge in [0, 0.05) is 36.5 Å². The van der Waals surface area contributed by atoms with E-state index >= 15 is 0 Å². The van der Waals surface area contributed by atoms with E-state index in [0.29, 0.717) is 11.4 Å². The van der Waals surface area contributed by atoms with Gasteiger partial charge in [0.1, 0.15) is 5.69 Å². The maximum absolute atomic E-state index is 12.6. The second kappa shape index (κ2) is 6.53. The van der Waals surface area contributed by atoms with Crippen molar-refractivity contribution >= 4 is 37.7 Å². The molecule has 0 spiro atoms.